The van der Waals surface area contributed by atoms with Crippen LogP contribution in [0.5, 0.6) is 0 Å². The minimum atomic E-state index is -1.06. The summed E-state index contributed by atoms with van der Waals surface area (Å²) < 4.78 is 5.09. The van der Waals surface area contributed by atoms with Gasteiger partial charge in [0.1, 0.15) is 0 Å². The normalized spacial score (nSPS) is 12.3. The first-order valence-electron chi connectivity index (χ1n) is 6.23. The number of hydrogen-bond acceptors (Lipinski definition) is 4. The quantitative estimate of drug-likeness (QED) is 0.693. The van der Waals surface area contributed by atoms with Gasteiger partial charge in [-0.3, -0.25) is 14.5 Å². The fourth-order valence-electron chi connectivity index (χ4n) is 2.03. The summed E-state index contributed by atoms with van der Waals surface area (Å²) >= 11 is 0. The number of aliphatic carboxylic acids is 2. The Hall–Kier alpha value is -1.92. The zero-order chi connectivity index (χ0) is 15.0. The second kappa shape index (κ2) is 8.29. The van der Waals surface area contributed by atoms with Crippen LogP contribution in [-0.4, -0.2) is 59.9 Å². The highest BCUT2D eigenvalue weighted by Crippen LogP contribution is 2.10. The summed E-state index contributed by atoms with van der Waals surface area (Å²) in [4.78, 5) is 23.2. The number of benzene rings is 1. The fourth-order valence-corrected chi connectivity index (χ4v) is 2.03. The zero-order valence-electron chi connectivity index (χ0n) is 11.4. The molecular weight excluding hydrogens is 262 g/mol. The fraction of sp³-hybridized carbons (Fsp3) is 0.429. The summed E-state index contributed by atoms with van der Waals surface area (Å²) in [5.74, 6) is -2.11. The van der Waals surface area contributed by atoms with Gasteiger partial charge in [0.05, 0.1) is 19.7 Å². The van der Waals surface area contributed by atoms with E-state index >= 15 is 0 Å². The highest BCUT2D eigenvalue weighted by Gasteiger charge is 2.23. The summed E-state index contributed by atoms with van der Waals surface area (Å²) in [6.45, 7) is -0.379. The maximum Gasteiger partial charge on any atom is 0.317 e. The van der Waals surface area contributed by atoms with Crippen molar-refractivity contribution < 1.29 is 24.5 Å². The number of carboxylic acids is 2. The number of hydrogen-bond donors (Lipinski definition) is 2. The van der Waals surface area contributed by atoms with Gasteiger partial charge in [-0.25, -0.2) is 0 Å². The molecule has 0 fully saturated rings. The SMILES string of the molecule is COCC(Cc1ccccc1)N(CC(=O)O)CC(=O)O. The van der Waals surface area contributed by atoms with Crippen molar-refractivity contribution >= 4 is 11.9 Å². The van der Waals surface area contributed by atoms with Crippen LogP contribution in [0.2, 0.25) is 0 Å². The Labute approximate surface area is 117 Å². The van der Waals surface area contributed by atoms with Crippen molar-refractivity contribution in [2.24, 2.45) is 0 Å². The molecular formula is C14H19NO5. The third kappa shape index (κ3) is 5.81. The lowest BCUT2D eigenvalue weighted by Crippen LogP contribution is -2.45. The molecule has 0 heterocycles. The molecule has 1 aromatic rings. The van der Waals surface area contributed by atoms with Crippen LogP contribution in [0.4, 0.5) is 0 Å². The topological polar surface area (TPSA) is 87.1 Å². The maximum atomic E-state index is 10.9. The Morgan fingerprint density at radius 3 is 2.15 bits per heavy atom. The molecule has 0 aromatic heterocycles. The van der Waals surface area contributed by atoms with Gasteiger partial charge < -0.3 is 14.9 Å². The highest BCUT2D eigenvalue weighted by atomic mass is 16.5. The first-order chi connectivity index (χ1) is 9.52. The van der Waals surface area contributed by atoms with Gasteiger partial charge in [0, 0.05) is 13.2 Å². The van der Waals surface area contributed by atoms with Gasteiger partial charge in [0.25, 0.3) is 0 Å². The van der Waals surface area contributed by atoms with Gasteiger partial charge in [0.2, 0.25) is 0 Å². The number of methoxy groups -OCH3 is 1. The van der Waals surface area contributed by atoms with E-state index in [1.54, 1.807) is 0 Å². The Balaban J connectivity index is 2.82. The average Bonchev–Trinajstić information content (AvgIpc) is 2.37. The molecule has 20 heavy (non-hydrogen) atoms. The number of carboxylic acid groups (broad SMARTS) is 2. The van der Waals surface area contributed by atoms with E-state index in [1.807, 2.05) is 30.3 Å². The monoisotopic (exact) mass is 281 g/mol. The van der Waals surface area contributed by atoms with Crippen LogP contribution < -0.4 is 0 Å². The second-order valence-corrected chi connectivity index (χ2v) is 4.49. The molecule has 0 saturated heterocycles. The van der Waals surface area contributed by atoms with Crippen molar-refractivity contribution in [1.82, 2.24) is 4.90 Å². The van der Waals surface area contributed by atoms with Crippen LogP contribution in [0, 0.1) is 0 Å². The van der Waals surface area contributed by atoms with Crippen LogP contribution in [0.15, 0.2) is 30.3 Å². The lowest BCUT2D eigenvalue weighted by atomic mass is 10.0. The summed E-state index contributed by atoms with van der Waals surface area (Å²) in [6.07, 6.45) is 0.537. The lowest BCUT2D eigenvalue weighted by Gasteiger charge is -2.28. The molecule has 0 bridgehead atoms. The van der Waals surface area contributed by atoms with E-state index < -0.39 is 11.9 Å². The summed E-state index contributed by atoms with van der Waals surface area (Å²) in [6, 6.07) is 9.21. The van der Waals surface area contributed by atoms with Gasteiger partial charge >= 0.3 is 11.9 Å². The smallest absolute Gasteiger partial charge is 0.317 e. The minimum absolute atomic E-state index is 0.273. The van der Waals surface area contributed by atoms with Crippen molar-refractivity contribution in [2.75, 3.05) is 26.8 Å². The lowest BCUT2D eigenvalue weighted by molar-refractivity contribution is -0.143. The Morgan fingerprint density at radius 2 is 1.70 bits per heavy atom. The van der Waals surface area contributed by atoms with Crippen molar-refractivity contribution in [3.05, 3.63) is 35.9 Å². The molecule has 0 aliphatic rings. The minimum Gasteiger partial charge on any atom is -0.480 e. The van der Waals surface area contributed by atoms with E-state index in [2.05, 4.69) is 0 Å². The molecule has 1 atom stereocenters. The number of ether oxygens (including phenoxy) is 1. The van der Waals surface area contributed by atoms with Crippen LogP contribution in [0.1, 0.15) is 5.56 Å². The van der Waals surface area contributed by atoms with Crippen LogP contribution >= 0.6 is 0 Å². The molecule has 1 unspecified atom stereocenters. The van der Waals surface area contributed by atoms with Gasteiger partial charge in [-0.1, -0.05) is 30.3 Å². The summed E-state index contributed by atoms with van der Waals surface area (Å²) in [5, 5.41) is 17.8. The van der Waals surface area contributed by atoms with Gasteiger partial charge in [0.15, 0.2) is 0 Å². The van der Waals surface area contributed by atoms with E-state index in [0.717, 1.165) is 5.56 Å². The van der Waals surface area contributed by atoms with Crippen molar-refractivity contribution in [1.29, 1.82) is 0 Å². The standard InChI is InChI=1S/C14H19NO5/c1-20-10-12(7-11-5-3-2-4-6-11)15(8-13(16)17)9-14(18)19/h2-6,12H,7-10H2,1H3,(H,16,17)(H,18,19). The van der Waals surface area contributed by atoms with E-state index in [0.29, 0.717) is 6.42 Å². The van der Waals surface area contributed by atoms with Crippen LogP contribution in [0.25, 0.3) is 0 Å². The van der Waals surface area contributed by atoms with Crippen molar-refractivity contribution in [3.8, 4) is 0 Å². The molecule has 0 saturated carbocycles. The van der Waals surface area contributed by atoms with Gasteiger partial charge in [-0.15, -0.1) is 0 Å². The van der Waals surface area contributed by atoms with Crippen LogP contribution in [0.3, 0.4) is 0 Å². The van der Waals surface area contributed by atoms with E-state index in [-0.39, 0.29) is 25.7 Å². The Bertz CT molecular complexity index is 418. The molecule has 110 valence electrons. The highest BCUT2D eigenvalue weighted by molar-refractivity contribution is 5.72. The largest absolute Gasteiger partial charge is 0.480 e. The van der Waals surface area contributed by atoms with E-state index in [4.69, 9.17) is 14.9 Å². The first kappa shape index (κ1) is 16.1. The van der Waals surface area contributed by atoms with Gasteiger partial charge in [-0.2, -0.15) is 0 Å². The maximum absolute atomic E-state index is 10.9. The predicted octanol–water partition coefficient (Wildman–Crippen LogP) is 0.715. The molecule has 0 amide bonds. The van der Waals surface area contributed by atoms with Crippen molar-refractivity contribution in [2.45, 2.75) is 12.5 Å². The molecule has 0 aliphatic carbocycles. The number of nitrogens with zero attached hydrogens (tertiary/aromatic N) is 1. The zero-order valence-corrected chi connectivity index (χ0v) is 11.4. The molecule has 0 spiro atoms. The average molecular weight is 281 g/mol. The van der Waals surface area contributed by atoms with Crippen LogP contribution in [-0.2, 0) is 20.7 Å². The molecule has 0 aliphatic heterocycles. The molecule has 2 N–H and O–H groups in total. The third-order valence-electron chi connectivity index (χ3n) is 2.87. The molecule has 6 heteroatoms. The third-order valence-corrected chi connectivity index (χ3v) is 2.87. The molecule has 0 radical (unpaired) electrons. The summed E-state index contributed by atoms with van der Waals surface area (Å²) in [7, 11) is 1.51. The predicted molar refractivity (Wildman–Crippen MR) is 72.7 cm³/mol. The van der Waals surface area contributed by atoms with E-state index in [1.165, 1.54) is 12.0 Å². The summed E-state index contributed by atoms with van der Waals surface area (Å²) in [5.41, 5.74) is 1.01. The second-order valence-electron chi connectivity index (χ2n) is 4.49. The number of carbonyl (C=O) groups is 2. The van der Waals surface area contributed by atoms with Gasteiger partial charge in [-0.05, 0) is 12.0 Å². The van der Waals surface area contributed by atoms with E-state index in [9.17, 15) is 9.59 Å². The molecule has 1 rings (SSSR count). The number of rotatable bonds is 9. The Morgan fingerprint density at radius 1 is 1.15 bits per heavy atom. The Kier molecular flexibility index (Phi) is 6.69. The molecule has 6 nitrogen and oxygen atoms in total. The first-order valence-corrected chi connectivity index (χ1v) is 6.23. The van der Waals surface area contributed by atoms with Crippen molar-refractivity contribution in [3.63, 3.8) is 0 Å². The molecule has 1 aromatic carbocycles.